The van der Waals surface area contributed by atoms with Gasteiger partial charge in [0.2, 0.25) is 0 Å². The molecule has 0 saturated heterocycles. The van der Waals surface area contributed by atoms with Gasteiger partial charge in [0, 0.05) is 24.3 Å². The van der Waals surface area contributed by atoms with Crippen LogP contribution in [-0.2, 0) is 12.6 Å². The fourth-order valence-corrected chi connectivity index (χ4v) is 1.88. The van der Waals surface area contributed by atoms with Crippen molar-refractivity contribution in [3.63, 3.8) is 0 Å². The summed E-state index contributed by atoms with van der Waals surface area (Å²) in [5.74, 6) is 0. The Bertz CT molecular complexity index is 342. The molecule has 0 bridgehead atoms. The highest BCUT2D eigenvalue weighted by Crippen LogP contribution is 2.41. The number of hydrogen-bond acceptors (Lipinski definition) is 2. The molecule has 0 aromatic carbocycles. The summed E-state index contributed by atoms with van der Waals surface area (Å²) in [6, 6.07) is 0. The largest absolute Gasteiger partial charge is 0.321 e. The van der Waals surface area contributed by atoms with Crippen molar-refractivity contribution in [2.75, 3.05) is 0 Å². The van der Waals surface area contributed by atoms with Crippen LogP contribution in [0.1, 0.15) is 36.9 Å². The van der Waals surface area contributed by atoms with E-state index in [0.717, 1.165) is 19.3 Å². The van der Waals surface area contributed by atoms with Crippen LogP contribution in [-0.4, -0.2) is 9.78 Å². The zero-order valence-corrected chi connectivity index (χ0v) is 8.00. The normalized spacial score (nSPS) is 19.8. The molecule has 78 valence electrons. The van der Waals surface area contributed by atoms with E-state index < -0.39 is 12.0 Å². The molecule has 1 aromatic rings. The molecule has 0 radical (unpaired) electrons. The molecular weight excluding hydrogens is 188 g/mol. The lowest BCUT2D eigenvalue weighted by molar-refractivity contribution is 0.138. The number of alkyl halides is 2. The Morgan fingerprint density at radius 1 is 1.57 bits per heavy atom. The fraction of sp³-hybridized carbons (Fsp3) is 0.667. The van der Waals surface area contributed by atoms with Gasteiger partial charge in [-0.05, 0) is 19.3 Å². The highest BCUT2D eigenvalue weighted by molar-refractivity contribution is 5.29. The molecular formula is C9H13F2N3. The quantitative estimate of drug-likeness (QED) is 0.791. The number of aromatic nitrogens is 2. The summed E-state index contributed by atoms with van der Waals surface area (Å²) < 4.78 is 26.6. The smallest absolute Gasteiger partial charge is 0.282 e. The van der Waals surface area contributed by atoms with Crippen LogP contribution in [0, 0.1) is 0 Å². The lowest BCUT2D eigenvalue weighted by atomic mass is 9.73. The molecule has 1 aliphatic carbocycles. The van der Waals surface area contributed by atoms with Crippen molar-refractivity contribution in [3.8, 4) is 0 Å². The van der Waals surface area contributed by atoms with E-state index in [-0.39, 0.29) is 5.69 Å². The van der Waals surface area contributed by atoms with Gasteiger partial charge in [-0.25, -0.2) is 8.78 Å². The minimum Gasteiger partial charge on any atom is -0.321 e. The van der Waals surface area contributed by atoms with Crippen molar-refractivity contribution < 1.29 is 8.78 Å². The molecule has 3 nitrogen and oxygen atoms in total. The lowest BCUT2D eigenvalue weighted by Crippen LogP contribution is -2.43. The molecule has 0 aliphatic heterocycles. The minimum atomic E-state index is -2.53. The molecule has 2 N–H and O–H groups in total. The van der Waals surface area contributed by atoms with Crippen LogP contribution in [0.4, 0.5) is 8.78 Å². The third kappa shape index (κ3) is 1.32. The maximum absolute atomic E-state index is 12.6. The molecule has 2 rings (SSSR count). The number of rotatable bonds is 2. The maximum atomic E-state index is 12.6. The maximum Gasteiger partial charge on any atom is 0.282 e. The molecule has 0 amide bonds. The van der Waals surface area contributed by atoms with Crippen molar-refractivity contribution in [3.05, 3.63) is 17.5 Å². The number of hydrogen-bond donors (Lipinski definition) is 1. The second-order valence-electron chi connectivity index (χ2n) is 3.91. The van der Waals surface area contributed by atoms with E-state index in [2.05, 4.69) is 5.10 Å². The van der Waals surface area contributed by atoms with Gasteiger partial charge >= 0.3 is 0 Å². The first kappa shape index (κ1) is 9.58. The molecule has 1 fully saturated rings. The van der Waals surface area contributed by atoms with E-state index in [0.29, 0.717) is 5.56 Å². The summed E-state index contributed by atoms with van der Waals surface area (Å²) in [5.41, 5.74) is 5.79. The Labute approximate surface area is 80.9 Å². The van der Waals surface area contributed by atoms with E-state index >= 15 is 0 Å². The van der Waals surface area contributed by atoms with Crippen molar-refractivity contribution in [2.45, 2.75) is 31.2 Å². The molecule has 1 heterocycles. The van der Waals surface area contributed by atoms with Crippen molar-refractivity contribution >= 4 is 0 Å². The van der Waals surface area contributed by atoms with Crippen LogP contribution in [0.2, 0.25) is 0 Å². The van der Waals surface area contributed by atoms with Gasteiger partial charge in [0.25, 0.3) is 6.43 Å². The van der Waals surface area contributed by atoms with Gasteiger partial charge in [0.05, 0.1) is 0 Å². The molecule has 5 heteroatoms. The molecule has 0 spiro atoms. The van der Waals surface area contributed by atoms with Crippen LogP contribution in [0.3, 0.4) is 0 Å². The van der Waals surface area contributed by atoms with Crippen molar-refractivity contribution in [1.29, 1.82) is 0 Å². The van der Waals surface area contributed by atoms with Gasteiger partial charge < -0.3 is 5.73 Å². The van der Waals surface area contributed by atoms with Crippen LogP contribution in [0.15, 0.2) is 6.20 Å². The summed E-state index contributed by atoms with van der Waals surface area (Å²) >= 11 is 0. The van der Waals surface area contributed by atoms with Gasteiger partial charge in [-0.1, -0.05) is 0 Å². The topological polar surface area (TPSA) is 43.8 Å². The van der Waals surface area contributed by atoms with Crippen molar-refractivity contribution in [2.24, 2.45) is 12.8 Å². The summed E-state index contributed by atoms with van der Waals surface area (Å²) in [4.78, 5) is 0. The van der Waals surface area contributed by atoms with Crippen LogP contribution >= 0.6 is 0 Å². The van der Waals surface area contributed by atoms with E-state index in [1.54, 1.807) is 13.2 Å². The van der Waals surface area contributed by atoms with Gasteiger partial charge in [0.1, 0.15) is 5.69 Å². The number of aryl methyl sites for hydroxylation is 1. The number of nitrogens with zero attached hydrogens (tertiary/aromatic N) is 2. The Morgan fingerprint density at radius 3 is 2.64 bits per heavy atom. The number of halogens is 2. The van der Waals surface area contributed by atoms with Gasteiger partial charge in [0.15, 0.2) is 0 Å². The highest BCUT2D eigenvalue weighted by atomic mass is 19.3. The third-order valence-corrected chi connectivity index (χ3v) is 2.85. The molecule has 1 aromatic heterocycles. The molecule has 1 saturated carbocycles. The minimum absolute atomic E-state index is 0.158. The summed E-state index contributed by atoms with van der Waals surface area (Å²) in [7, 11) is 1.64. The predicted octanol–water partition coefficient (Wildman–Crippen LogP) is 1.70. The average molecular weight is 201 g/mol. The fourth-order valence-electron chi connectivity index (χ4n) is 1.88. The van der Waals surface area contributed by atoms with E-state index in [1.807, 2.05) is 0 Å². The van der Waals surface area contributed by atoms with Crippen LogP contribution < -0.4 is 5.73 Å². The summed E-state index contributed by atoms with van der Waals surface area (Å²) in [5, 5.41) is 3.74. The first-order valence-corrected chi connectivity index (χ1v) is 4.64. The Hall–Kier alpha value is -0.970. The Morgan fingerprint density at radius 2 is 2.21 bits per heavy atom. The van der Waals surface area contributed by atoms with Gasteiger partial charge in [-0.2, -0.15) is 5.10 Å². The zero-order valence-electron chi connectivity index (χ0n) is 8.00. The highest BCUT2D eigenvalue weighted by Gasteiger charge is 2.39. The Balaban J connectivity index is 2.40. The van der Waals surface area contributed by atoms with E-state index in [4.69, 9.17) is 5.73 Å². The molecule has 1 aliphatic rings. The lowest BCUT2D eigenvalue weighted by Gasteiger charge is -2.38. The van der Waals surface area contributed by atoms with Gasteiger partial charge in [-0.3, -0.25) is 4.68 Å². The van der Waals surface area contributed by atoms with E-state index in [9.17, 15) is 8.78 Å². The second-order valence-corrected chi connectivity index (χ2v) is 3.91. The van der Waals surface area contributed by atoms with E-state index in [1.165, 1.54) is 4.68 Å². The summed E-state index contributed by atoms with van der Waals surface area (Å²) in [6.07, 6.45) is 1.64. The predicted molar refractivity (Wildman–Crippen MR) is 47.9 cm³/mol. The SMILES string of the molecule is Cn1cc(C2(N)CCC2)c(C(F)F)n1. The van der Waals surface area contributed by atoms with Crippen LogP contribution in [0.5, 0.6) is 0 Å². The molecule has 14 heavy (non-hydrogen) atoms. The van der Waals surface area contributed by atoms with Crippen molar-refractivity contribution in [1.82, 2.24) is 9.78 Å². The average Bonchev–Trinajstić information content (AvgIpc) is 2.43. The zero-order chi connectivity index (χ0) is 10.3. The molecule has 0 atom stereocenters. The first-order chi connectivity index (χ1) is 6.53. The second kappa shape index (κ2) is 3.02. The standard InChI is InChI=1S/C9H13F2N3/c1-14-5-6(7(13-14)8(10)11)9(12)3-2-4-9/h5,8H,2-4,12H2,1H3. The summed E-state index contributed by atoms with van der Waals surface area (Å²) in [6.45, 7) is 0. The van der Waals surface area contributed by atoms with Crippen LogP contribution in [0.25, 0.3) is 0 Å². The number of nitrogens with two attached hydrogens (primary N) is 1. The first-order valence-electron chi connectivity index (χ1n) is 4.64. The Kier molecular flexibility index (Phi) is 2.06. The third-order valence-electron chi connectivity index (χ3n) is 2.85. The van der Waals surface area contributed by atoms with Gasteiger partial charge in [-0.15, -0.1) is 0 Å². The monoisotopic (exact) mass is 201 g/mol. The molecule has 0 unspecified atom stereocenters.